The van der Waals surface area contributed by atoms with Crippen molar-refractivity contribution in [2.24, 2.45) is 5.92 Å². The number of rotatable bonds is 9. The number of benzene rings is 1. The molecule has 0 saturated heterocycles. The predicted octanol–water partition coefficient (Wildman–Crippen LogP) is 4.91. The summed E-state index contributed by atoms with van der Waals surface area (Å²) in [6.07, 6.45) is 10.7. The summed E-state index contributed by atoms with van der Waals surface area (Å²) in [4.78, 5) is 11.1. The van der Waals surface area contributed by atoms with Crippen LogP contribution >= 0.6 is 0 Å². The summed E-state index contributed by atoms with van der Waals surface area (Å²) in [6.45, 7) is 6.17. The van der Waals surface area contributed by atoms with Crippen LogP contribution in [0.5, 0.6) is 0 Å². The molecular formula is C22H32O3. The molecule has 0 unspecified atom stereocenters. The van der Waals surface area contributed by atoms with Gasteiger partial charge in [-0.1, -0.05) is 44.5 Å². The lowest BCUT2D eigenvalue weighted by Crippen LogP contribution is -2.15. The highest BCUT2D eigenvalue weighted by molar-refractivity contribution is 5.81. The maximum atomic E-state index is 11.1. The Morgan fingerprint density at radius 1 is 1.32 bits per heavy atom. The zero-order chi connectivity index (χ0) is 18.1. The number of esters is 1. The average molecular weight is 344 g/mol. The number of aliphatic hydroxyl groups is 1. The highest BCUT2D eigenvalue weighted by atomic mass is 16.5. The summed E-state index contributed by atoms with van der Waals surface area (Å²) in [7, 11) is 0. The van der Waals surface area contributed by atoms with Gasteiger partial charge in [0.25, 0.3) is 0 Å². The average Bonchev–Trinajstić information content (AvgIpc) is 2.65. The van der Waals surface area contributed by atoms with Gasteiger partial charge in [-0.3, -0.25) is 0 Å². The maximum Gasteiger partial charge on any atom is 0.330 e. The zero-order valence-electron chi connectivity index (χ0n) is 15.5. The first-order valence-electron chi connectivity index (χ1n) is 9.69. The fraction of sp³-hybridized carbons (Fsp3) is 0.591. The van der Waals surface area contributed by atoms with E-state index in [0.717, 1.165) is 24.3 Å². The fourth-order valence-electron chi connectivity index (χ4n) is 4.04. The Bertz CT molecular complexity index is 556. The van der Waals surface area contributed by atoms with Gasteiger partial charge in [0.1, 0.15) is 0 Å². The smallest absolute Gasteiger partial charge is 0.330 e. The topological polar surface area (TPSA) is 46.5 Å². The third-order valence-corrected chi connectivity index (χ3v) is 5.37. The molecule has 1 N–H and O–H groups in total. The van der Waals surface area contributed by atoms with E-state index in [9.17, 15) is 9.90 Å². The molecule has 0 spiro atoms. The number of ether oxygens (including phenoxy) is 1. The second kappa shape index (κ2) is 10.4. The van der Waals surface area contributed by atoms with E-state index in [4.69, 9.17) is 4.74 Å². The van der Waals surface area contributed by atoms with Gasteiger partial charge in [0, 0.05) is 6.08 Å². The normalized spacial score (nSPS) is 20.2. The molecule has 0 bridgehead atoms. The molecule has 1 aliphatic rings. The van der Waals surface area contributed by atoms with Crippen LogP contribution in [0.4, 0.5) is 0 Å². The van der Waals surface area contributed by atoms with E-state index in [-0.39, 0.29) is 12.6 Å². The van der Waals surface area contributed by atoms with Gasteiger partial charge in [-0.2, -0.15) is 0 Å². The molecule has 0 atom stereocenters. The largest absolute Gasteiger partial charge is 0.463 e. The van der Waals surface area contributed by atoms with Gasteiger partial charge >= 0.3 is 5.97 Å². The summed E-state index contributed by atoms with van der Waals surface area (Å²) in [5.74, 6) is 1.17. The highest BCUT2D eigenvalue weighted by Crippen LogP contribution is 2.39. The molecule has 1 aromatic rings. The summed E-state index contributed by atoms with van der Waals surface area (Å²) >= 11 is 0. The molecule has 0 radical (unpaired) electrons. The molecule has 0 heterocycles. The van der Waals surface area contributed by atoms with Crippen LogP contribution in [0.15, 0.2) is 30.9 Å². The van der Waals surface area contributed by atoms with Crippen LogP contribution in [0.3, 0.4) is 0 Å². The van der Waals surface area contributed by atoms with Crippen LogP contribution in [0, 0.1) is 5.92 Å². The van der Waals surface area contributed by atoms with Crippen molar-refractivity contribution in [3.8, 4) is 0 Å². The molecule has 1 fully saturated rings. The summed E-state index contributed by atoms with van der Waals surface area (Å²) in [5, 5.41) is 9.45. The number of aliphatic hydroxyl groups excluding tert-OH is 1. The van der Waals surface area contributed by atoms with Crippen molar-refractivity contribution < 1.29 is 14.6 Å². The quantitative estimate of drug-likeness (QED) is 0.393. The van der Waals surface area contributed by atoms with Gasteiger partial charge < -0.3 is 9.84 Å². The standard InChI is InChI=1S/C22H32O3/c1-3-6-17-8-11-19(12-9-17)21-13-10-18(16-23)15-20(21)7-5-14-25-22(24)4-2/h4,10,13,15,17,19,23H,2-3,5-9,11-12,14,16H2,1H3. The Morgan fingerprint density at radius 3 is 2.72 bits per heavy atom. The fourth-order valence-corrected chi connectivity index (χ4v) is 4.04. The molecule has 3 heteroatoms. The molecule has 0 amide bonds. The first-order chi connectivity index (χ1) is 12.2. The third-order valence-electron chi connectivity index (χ3n) is 5.37. The van der Waals surface area contributed by atoms with Crippen molar-refractivity contribution >= 4 is 5.97 Å². The number of hydrogen-bond acceptors (Lipinski definition) is 3. The Balaban J connectivity index is 1.99. The second-order valence-electron chi connectivity index (χ2n) is 7.17. The molecule has 3 nitrogen and oxygen atoms in total. The maximum absolute atomic E-state index is 11.1. The van der Waals surface area contributed by atoms with E-state index in [0.29, 0.717) is 12.5 Å². The first-order valence-corrected chi connectivity index (χ1v) is 9.69. The van der Waals surface area contributed by atoms with E-state index in [1.54, 1.807) is 0 Å². The molecule has 1 aliphatic carbocycles. The van der Waals surface area contributed by atoms with E-state index in [2.05, 4.69) is 31.7 Å². The van der Waals surface area contributed by atoms with Crippen molar-refractivity contribution in [3.63, 3.8) is 0 Å². The van der Waals surface area contributed by atoms with E-state index in [1.807, 2.05) is 0 Å². The highest BCUT2D eigenvalue weighted by Gasteiger charge is 2.23. The zero-order valence-corrected chi connectivity index (χ0v) is 15.5. The predicted molar refractivity (Wildman–Crippen MR) is 101 cm³/mol. The lowest BCUT2D eigenvalue weighted by molar-refractivity contribution is -0.137. The van der Waals surface area contributed by atoms with E-state index < -0.39 is 0 Å². The van der Waals surface area contributed by atoms with Crippen LogP contribution in [0.1, 0.15) is 74.5 Å². The third kappa shape index (κ3) is 6.00. The molecule has 1 aromatic carbocycles. The lowest BCUT2D eigenvalue weighted by atomic mass is 9.75. The van der Waals surface area contributed by atoms with Crippen LogP contribution in [0.2, 0.25) is 0 Å². The molecule has 25 heavy (non-hydrogen) atoms. The second-order valence-corrected chi connectivity index (χ2v) is 7.17. The van der Waals surface area contributed by atoms with E-state index >= 15 is 0 Å². The van der Waals surface area contributed by atoms with Gasteiger partial charge in [0.05, 0.1) is 13.2 Å². The Kier molecular flexibility index (Phi) is 8.20. The number of carbonyl (C=O) groups excluding carboxylic acids is 1. The van der Waals surface area contributed by atoms with Crippen LogP contribution < -0.4 is 0 Å². The summed E-state index contributed by atoms with van der Waals surface area (Å²) in [6, 6.07) is 6.39. The summed E-state index contributed by atoms with van der Waals surface area (Å²) in [5.41, 5.74) is 3.70. The van der Waals surface area contributed by atoms with Gasteiger partial charge in [-0.05, 0) is 67.1 Å². The molecular weight excluding hydrogens is 312 g/mol. The Labute approximate surface area is 152 Å². The van der Waals surface area contributed by atoms with Crippen LogP contribution in [-0.2, 0) is 22.6 Å². The van der Waals surface area contributed by atoms with Gasteiger partial charge in [-0.25, -0.2) is 4.79 Å². The monoisotopic (exact) mass is 344 g/mol. The summed E-state index contributed by atoms with van der Waals surface area (Å²) < 4.78 is 5.09. The Hall–Kier alpha value is -1.61. The van der Waals surface area contributed by atoms with Crippen molar-refractivity contribution in [1.29, 1.82) is 0 Å². The Morgan fingerprint density at radius 2 is 2.08 bits per heavy atom. The first kappa shape index (κ1) is 19.7. The molecule has 0 aromatic heterocycles. The van der Waals surface area contributed by atoms with Crippen molar-refractivity contribution in [1.82, 2.24) is 0 Å². The molecule has 2 rings (SSSR count). The van der Waals surface area contributed by atoms with Crippen LogP contribution in [-0.4, -0.2) is 17.7 Å². The molecule has 0 aliphatic heterocycles. The molecule has 1 saturated carbocycles. The van der Waals surface area contributed by atoms with Crippen LogP contribution in [0.25, 0.3) is 0 Å². The minimum Gasteiger partial charge on any atom is -0.463 e. The van der Waals surface area contributed by atoms with Crippen molar-refractivity contribution in [2.75, 3.05) is 6.61 Å². The minimum atomic E-state index is -0.362. The minimum absolute atomic E-state index is 0.0714. The molecule has 138 valence electrons. The number of hydrogen-bond donors (Lipinski definition) is 1. The van der Waals surface area contributed by atoms with Gasteiger partial charge in [0.2, 0.25) is 0 Å². The lowest BCUT2D eigenvalue weighted by Gasteiger charge is -2.30. The SMILES string of the molecule is C=CC(=O)OCCCc1cc(CO)ccc1C1CCC(CCC)CC1. The van der Waals surface area contributed by atoms with Gasteiger partial charge in [-0.15, -0.1) is 0 Å². The van der Waals surface area contributed by atoms with E-state index in [1.165, 1.54) is 55.7 Å². The van der Waals surface area contributed by atoms with Crippen molar-refractivity contribution in [3.05, 3.63) is 47.5 Å². The van der Waals surface area contributed by atoms with Crippen molar-refractivity contribution in [2.45, 2.75) is 70.8 Å². The number of aryl methyl sites for hydroxylation is 1. The van der Waals surface area contributed by atoms with Gasteiger partial charge in [0.15, 0.2) is 0 Å². The number of carbonyl (C=O) groups is 1.